The zero-order chi connectivity index (χ0) is 30.5. The van der Waals surface area contributed by atoms with Crippen LogP contribution < -0.4 is 9.91 Å². The number of alkyl halides is 3. The first-order chi connectivity index (χ1) is 18.8. The Bertz CT molecular complexity index is 1710. The molecule has 2 aromatic rings. The summed E-state index contributed by atoms with van der Waals surface area (Å²) in [5, 5.41) is 3.96. The normalized spacial score (nSPS) is 19.3. The van der Waals surface area contributed by atoms with E-state index in [1.54, 1.807) is 4.90 Å². The van der Waals surface area contributed by atoms with Crippen molar-refractivity contribution in [2.24, 2.45) is 5.10 Å². The maximum atomic E-state index is 14.0. The lowest BCUT2D eigenvalue weighted by atomic mass is 9.83. The standard InChI is InChI=1S/C26H26F3N3O7S2/c1-16-5-11-21-20(15-16)25(2,3)22(31(21)13-4-14-40(34,35)36)12-10-19-23(26(27,28)29)30-32(24(19)33)17-6-8-18(9-7-17)41(37,38)39/h5-12,15H,4,13-14H2,1-3H3,(H,34,35,36)(H,37,38,39)/b19-10-,22-12+. The van der Waals surface area contributed by atoms with Gasteiger partial charge in [0, 0.05) is 23.3 Å². The quantitative estimate of drug-likeness (QED) is 0.346. The summed E-state index contributed by atoms with van der Waals surface area (Å²) < 4.78 is 105. The number of carbonyl (C=O) groups is 1. The third kappa shape index (κ3) is 6.22. The van der Waals surface area contributed by atoms with Crippen molar-refractivity contribution in [3.05, 3.63) is 77.0 Å². The Hall–Kier alpha value is -3.53. The second-order valence-corrected chi connectivity index (χ2v) is 13.1. The molecule has 0 fully saturated rings. The lowest BCUT2D eigenvalue weighted by molar-refractivity contribution is -0.114. The molecule has 0 spiro atoms. The number of nitrogens with zero attached hydrogens (tertiary/aromatic N) is 3. The van der Waals surface area contributed by atoms with E-state index in [0.29, 0.717) is 16.4 Å². The molecule has 0 aliphatic carbocycles. The monoisotopic (exact) mass is 613 g/mol. The van der Waals surface area contributed by atoms with E-state index in [1.807, 2.05) is 39.0 Å². The zero-order valence-electron chi connectivity index (χ0n) is 22.0. The lowest BCUT2D eigenvalue weighted by Gasteiger charge is -2.27. The minimum atomic E-state index is -5.01. The Labute approximate surface area is 235 Å². The van der Waals surface area contributed by atoms with Crippen molar-refractivity contribution in [3.63, 3.8) is 0 Å². The summed E-state index contributed by atoms with van der Waals surface area (Å²) in [6, 6.07) is 9.50. The smallest absolute Gasteiger partial charge is 0.344 e. The van der Waals surface area contributed by atoms with Crippen molar-refractivity contribution < 1.29 is 43.9 Å². The number of fused-ring (bicyclic) bond motifs is 1. The fourth-order valence-corrected chi connectivity index (χ4v) is 5.78. The molecule has 0 atom stereocenters. The number of hydrogen-bond donors (Lipinski definition) is 2. The van der Waals surface area contributed by atoms with Crippen LogP contribution in [-0.2, 0) is 30.4 Å². The predicted octanol–water partition coefficient (Wildman–Crippen LogP) is 4.39. The molecule has 4 rings (SSSR count). The molecule has 0 unspecified atom stereocenters. The highest BCUT2D eigenvalue weighted by Gasteiger charge is 2.47. The average molecular weight is 614 g/mol. The number of anilines is 2. The van der Waals surface area contributed by atoms with Gasteiger partial charge < -0.3 is 4.90 Å². The number of carbonyl (C=O) groups excluding carboxylic acids is 1. The lowest BCUT2D eigenvalue weighted by Crippen LogP contribution is -2.28. The number of halogens is 3. The van der Waals surface area contributed by atoms with E-state index in [-0.39, 0.29) is 18.7 Å². The Morgan fingerprint density at radius 3 is 2.20 bits per heavy atom. The van der Waals surface area contributed by atoms with E-state index in [1.165, 1.54) is 6.08 Å². The van der Waals surface area contributed by atoms with Crippen molar-refractivity contribution in [2.75, 3.05) is 22.2 Å². The van der Waals surface area contributed by atoms with E-state index in [2.05, 4.69) is 5.10 Å². The molecular weight excluding hydrogens is 587 g/mol. The number of allylic oxidation sites excluding steroid dienone is 3. The molecule has 41 heavy (non-hydrogen) atoms. The van der Waals surface area contributed by atoms with Crippen LogP contribution >= 0.6 is 0 Å². The Balaban J connectivity index is 1.77. The van der Waals surface area contributed by atoms with Crippen LogP contribution in [0.15, 0.2) is 75.9 Å². The number of benzene rings is 2. The molecule has 0 bridgehead atoms. The van der Waals surface area contributed by atoms with Gasteiger partial charge in [0.05, 0.1) is 21.9 Å². The van der Waals surface area contributed by atoms with Crippen molar-refractivity contribution in [3.8, 4) is 0 Å². The fourth-order valence-electron chi connectivity index (χ4n) is 4.81. The molecule has 0 aromatic heterocycles. The molecule has 0 saturated carbocycles. The number of aryl methyl sites for hydroxylation is 1. The van der Waals surface area contributed by atoms with E-state index in [4.69, 9.17) is 4.55 Å². The molecule has 0 radical (unpaired) electrons. The summed E-state index contributed by atoms with van der Waals surface area (Å²) in [7, 11) is -8.81. The molecule has 2 N–H and O–H groups in total. The SMILES string of the molecule is Cc1ccc2c(c1)C(C)(C)/C(=C\C=C1/C(=O)N(c3ccc(S(=O)(=O)O)cc3)N=C1C(F)(F)F)N2CCCS(=O)(=O)O. The highest BCUT2D eigenvalue weighted by Crippen LogP contribution is 2.48. The molecule has 2 aliphatic heterocycles. The minimum absolute atomic E-state index is 0.0255. The molecule has 2 aromatic carbocycles. The van der Waals surface area contributed by atoms with Gasteiger partial charge in [0.15, 0.2) is 5.71 Å². The third-order valence-corrected chi connectivity index (χ3v) is 8.44. The highest BCUT2D eigenvalue weighted by molar-refractivity contribution is 7.86. The molecule has 2 heterocycles. The zero-order valence-corrected chi connectivity index (χ0v) is 23.7. The largest absolute Gasteiger partial charge is 0.435 e. The van der Waals surface area contributed by atoms with E-state index in [9.17, 15) is 39.4 Å². The van der Waals surface area contributed by atoms with E-state index < -0.39 is 59.7 Å². The van der Waals surface area contributed by atoms with Crippen molar-refractivity contribution in [1.82, 2.24) is 0 Å². The van der Waals surface area contributed by atoms with Crippen LogP contribution in [0.1, 0.15) is 31.4 Å². The van der Waals surface area contributed by atoms with Crippen molar-refractivity contribution in [2.45, 2.75) is 43.7 Å². The Morgan fingerprint density at radius 1 is 1.00 bits per heavy atom. The summed E-state index contributed by atoms with van der Waals surface area (Å²) in [6.07, 6.45) is -2.61. The first-order valence-corrected chi connectivity index (χ1v) is 15.2. The van der Waals surface area contributed by atoms with Crippen LogP contribution in [0.2, 0.25) is 0 Å². The molecule has 15 heteroatoms. The number of hydrazone groups is 1. The summed E-state index contributed by atoms with van der Waals surface area (Å²) in [4.78, 5) is 14.4. The van der Waals surface area contributed by atoms with Gasteiger partial charge in [-0.2, -0.15) is 40.1 Å². The summed E-state index contributed by atoms with van der Waals surface area (Å²) in [5.74, 6) is -1.63. The third-order valence-electron chi connectivity index (χ3n) is 6.76. The van der Waals surface area contributed by atoms with Crippen LogP contribution in [0.25, 0.3) is 0 Å². The Kier molecular flexibility index (Phi) is 7.71. The molecule has 10 nitrogen and oxygen atoms in total. The van der Waals surface area contributed by atoms with Crippen LogP contribution in [0.3, 0.4) is 0 Å². The van der Waals surface area contributed by atoms with Gasteiger partial charge in [0.25, 0.3) is 26.1 Å². The predicted molar refractivity (Wildman–Crippen MR) is 146 cm³/mol. The fraction of sp³-hybridized carbons (Fsp3) is 0.308. The minimum Gasteiger partial charge on any atom is -0.344 e. The van der Waals surface area contributed by atoms with Gasteiger partial charge >= 0.3 is 6.18 Å². The number of rotatable bonds is 7. The summed E-state index contributed by atoms with van der Waals surface area (Å²) in [6.45, 7) is 5.69. The van der Waals surface area contributed by atoms with Gasteiger partial charge in [-0.15, -0.1) is 0 Å². The van der Waals surface area contributed by atoms with Gasteiger partial charge in [-0.25, -0.2) is 0 Å². The van der Waals surface area contributed by atoms with Crippen molar-refractivity contribution >= 4 is 43.2 Å². The van der Waals surface area contributed by atoms with Crippen LogP contribution in [0, 0.1) is 6.92 Å². The van der Waals surface area contributed by atoms with Gasteiger partial charge in [0.1, 0.15) is 0 Å². The van der Waals surface area contributed by atoms with Crippen LogP contribution in [0.4, 0.5) is 24.5 Å². The van der Waals surface area contributed by atoms with Gasteiger partial charge in [-0.05, 0) is 61.4 Å². The maximum absolute atomic E-state index is 14.0. The number of amides is 1. The van der Waals surface area contributed by atoms with Gasteiger partial charge in [0.2, 0.25) is 0 Å². The van der Waals surface area contributed by atoms with Gasteiger partial charge in [-0.3, -0.25) is 13.9 Å². The second-order valence-electron chi connectivity index (χ2n) is 10.1. The maximum Gasteiger partial charge on any atom is 0.435 e. The van der Waals surface area contributed by atoms with Gasteiger partial charge in [-0.1, -0.05) is 31.5 Å². The van der Waals surface area contributed by atoms with E-state index >= 15 is 0 Å². The Morgan fingerprint density at radius 2 is 1.63 bits per heavy atom. The van der Waals surface area contributed by atoms with Crippen LogP contribution in [0.5, 0.6) is 0 Å². The molecule has 2 aliphatic rings. The topological polar surface area (TPSA) is 145 Å². The van der Waals surface area contributed by atoms with Crippen LogP contribution in [-0.4, -0.2) is 56.0 Å². The van der Waals surface area contributed by atoms with E-state index in [0.717, 1.165) is 41.5 Å². The molecule has 220 valence electrons. The average Bonchev–Trinajstić information content (AvgIpc) is 3.27. The molecule has 1 amide bonds. The van der Waals surface area contributed by atoms with Crippen molar-refractivity contribution in [1.29, 1.82) is 0 Å². The number of hydrogen-bond acceptors (Lipinski definition) is 7. The summed E-state index contributed by atoms with van der Waals surface area (Å²) in [5.41, 5.74) is -0.144. The second kappa shape index (κ2) is 10.4. The highest BCUT2D eigenvalue weighted by atomic mass is 32.2. The summed E-state index contributed by atoms with van der Waals surface area (Å²) >= 11 is 0. The molecule has 0 saturated heterocycles. The molecular formula is C26H26F3N3O7S2. The first kappa shape index (κ1) is 30.4. The first-order valence-electron chi connectivity index (χ1n) is 12.2.